The lowest BCUT2D eigenvalue weighted by atomic mass is 9.85. The number of hydrogen-bond acceptors (Lipinski definition) is 4. The third-order valence-corrected chi connectivity index (χ3v) is 8.04. The molecule has 0 radical (unpaired) electrons. The van der Waals surface area contributed by atoms with Crippen LogP contribution in [0.2, 0.25) is 0 Å². The molecule has 0 aromatic heterocycles. The Morgan fingerprint density at radius 1 is 0.380 bits per heavy atom. The van der Waals surface area contributed by atoms with Crippen molar-refractivity contribution in [3.05, 3.63) is 116 Å². The molecule has 2 aliphatic rings. The standard InChI is InChI=1S/C32H14F12N2O4/c33-29(34,35)15-5-13(6-16(9-15)30(36,37)38)11-45-25(47)19-1-2-20-24-22(4-3-21(23(19)24)27(45)49)28(50)46(26(20)48)12-14-7-17(31(39,40)41)10-18(8-14)32(42,43)44/h1-10H,11-12H2. The smallest absolute Gasteiger partial charge is 0.270 e. The summed E-state index contributed by atoms with van der Waals surface area (Å²) in [5.41, 5.74) is -9.66. The third-order valence-electron chi connectivity index (χ3n) is 8.04. The van der Waals surface area contributed by atoms with Gasteiger partial charge < -0.3 is 0 Å². The summed E-state index contributed by atoms with van der Waals surface area (Å²) in [6.07, 6.45) is -20.9. The Balaban J connectivity index is 1.39. The fourth-order valence-corrected chi connectivity index (χ4v) is 5.85. The molecule has 4 amide bonds. The minimum Gasteiger partial charge on any atom is -0.270 e. The maximum Gasteiger partial charge on any atom is 0.416 e. The number of rotatable bonds is 4. The van der Waals surface area contributed by atoms with Crippen LogP contribution in [-0.4, -0.2) is 33.4 Å². The minimum atomic E-state index is -5.22. The lowest BCUT2D eigenvalue weighted by Crippen LogP contribution is -2.42. The molecule has 0 saturated heterocycles. The molecule has 18 heteroatoms. The van der Waals surface area contributed by atoms with Crippen LogP contribution in [-0.2, 0) is 37.8 Å². The van der Waals surface area contributed by atoms with Crippen molar-refractivity contribution in [3.8, 4) is 0 Å². The van der Waals surface area contributed by atoms with E-state index in [2.05, 4.69) is 0 Å². The van der Waals surface area contributed by atoms with Gasteiger partial charge in [-0.3, -0.25) is 29.0 Å². The molecule has 0 aliphatic carbocycles. The molecule has 2 aliphatic heterocycles. The lowest BCUT2D eigenvalue weighted by molar-refractivity contribution is -0.144. The predicted molar refractivity (Wildman–Crippen MR) is 145 cm³/mol. The lowest BCUT2D eigenvalue weighted by Gasteiger charge is -2.32. The highest BCUT2D eigenvalue weighted by Gasteiger charge is 2.42. The van der Waals surface area contributed by atoms with Crippen molar-refractivity contribution in [2.45, 2.75) is 37.8 Å². The number of imide groups is 2. The van der Waals surface area contributed by atoms with Gasteiger partial charge in [-0.25, -0.2) is 0 Å². The molecular formula is C32H14F12N2O4. The van der Waals surface area contributed by atoms with Gasteiger partial charge in [0, 0.05) is 33.0 Å². The summed E-state index contributed by atoms with van der Waals surface area (Å²) in [4.78, 5) is 54.8. The molecule has 2 heterocycles. The zero-order valence-corrected chi connectivity index (χ0v) is 24.3. The number of alkyl halides is 12. The highest BCUT2D eigenvalue weighted by atomic mass is 19.4. The first-order chi connectivity index (χ1) is 23.0. The molecule has 6 rings (SSSR count). The first kappa shape index (κ1) is 34.4. The molecule has 4 aromatic rings. The second kappa shape index (κ2) is 11.0. The molecule has 50 heavy (non-hydrogen) atoms. The highest BCUT2D eigenvalue weighted by molar-refractivity contribution is 6.33. The average molecular weight is 718 g/mol. The number of nitrogens with zero attached hydrogens (tertiary/aromatic N) is 2. The molecule has 0 saturated carbocycles. The van der Waals surface area contributed by atoms with Crippen molar-refractivity contribution < 1.29 is 71.9 Å². The number of carbonyl (C=O) groups is 4. The highest BCUT2D eigenvalue weighted by Crippen LogP contribution is 2.41. The predicted octanol–water partition coefficient (Wildman–Crippen LogP) is 8.51. The third kappa shape index (κ3) is 5.81. The Kier molecular flexibility index (Phi) is 7.61. The van der Waals surface area contributed by atoms with E-state index in [-0.39, 0.29) is 45.2 Å². The Bertz CT molecular complexity index is 1880. The van der Waals surface area contributed by atoms with E-state index < -0.39 is 94.8 Å². The second-order valence-corrected chi connectivity index (χ2v) is 11.3. The Labute approximate surface area is 270 Å². The maximum atomic E-state index is 13.5. The first-order valence-electron chi connectivity index (χ1n) is 13.9. The van der Waals surface area contributed by atoms with Gasteiger partial charge in [0.25, 0.3) is 23.6 Å². The van der Waals surface area contributed by atoms with Gasteiger partial charge in [0.1, 0.15) is 0 Å². The summed E-state index contributed by atoms with van der Waals surface area (Å²) in [6, 6.07) is 4.99. The second-order valence-electron chi connectivity index (χ2n) is 11.3. The summed E-state index contributed by atoms with van der Waals surface area (Å²) >= 11 is 0. The van der Waals surface area contributed by atoms with Gasteiger partial charge in [0.2, 0.25) is 0 Å². The summed E-state index contributed by atoms with van der Waals surface area (Å²) in [6.45, 7) is -2.09. The molecule has 0 fully saturated rings. The summed E-state index contributed by atoms with van der Waals surface area (Å²) in [5.74, 6) is -4.82. The average Bonchev–Trinajstić information content (AvgIpc) is 3.01. The normalized spacial score (nSPS) is 15.4. The van der Waals surface area contributed by atoms with E-state index in [1.54, 1.807) is 0 Å². The molecule has 260 valence electrons. The van der Waals surface area contributed by atoms with Crippen LogP contribution in [0.3, 0.4) is 0 Å². The van der Waals surface area contributed by atoms with Gasteiger partial charge in [0.05, 0.1) is 35.3 Å². The van der Waals surface area contributed by atoms with Crippen LogP contribution in [0.5, 0.6) is 0 Å². The van der Waals surface area contributed by atoms with Crippen LogP contribution >= 0.6 is 0 Å². The van der Waals surface area contributed by atoms with Gasteiger partial charge in [-0.05, 0) is 71.8 Å². The largest absolute Gasteiger partial charge is 0.416 e. The number of benzene rings is 4. The number of hydrogen-bond donors (Lipinski definition) is 0. The van der Waals surface area contributed by atoms with E-state index >= 15 is 0 Å². The van der Waals surface area contributed by atoms with Gasteiger partial charge in [-0.2, -0.15) is 52.7 Å². The van der Waals surface area contributed by atoms with Gasteiger partial charge in [-0.1, -0.05) is 0 Å². The monoisotopic (exact) mass is 718 g/mol. The number of amides is 4. The van der Waals surface area contributed by atoms with Crippen LogP contribution < -0.4 is 0 Å². The van der Waals surface area contributed by atoms with E-state index in [0.717, 1.165) is 24.3 Å². The fraction of sp³-hybridized carbons (Fsp3) is 0.188. The van der Waals surface area contributed by atoms with Gasteiger partial charge in [-0.15, -0.1) is 0 Å². The SMILES string of the molecule is O=C1c2ccc3c4c(ccc(c24)C(=O)N1Cc1cc(C(F)(F)F)cc(C(F)(F)F)c1)C(=O)N(Cc1cc(C(F)(F)F)cc(C(F)(F)F)c1)C3=O. The van der Waals surface area contributed by atoms with Crippen LogP contribution in [0.15, 0.2) is 60.7 Å². The summed E-state index contributed by atoms with van der Waals surface area (Å²) in [7, 11) is 0. The zero-order valence-electron chi connectivity index (χ0n) is 24.3. The van der Waals surface area contributed by atoms with Crippen LogP contribution in [0.1, 0.15) is 74.8 Å². The molecule has 0 bridgehead atoms. The molecule has 0 N–H and O–H groups in total. The van der Waals surface area contributed by atoms with Crippen molar-refractivity contribution >= 4 is 34.4 Å². The van der Waals surface area contributed by atoms with Crippen molar-refractivity contribution in [2.24, 2.45) is 0 Å². The number of halogens is 12. The van der Waals surface area contributed by atoms with Crippen molar-refractivity contribution in [2.75, 3.05) is 0 Å². The van der Waals surface area contributed by atoms with Crippen LogP contribution in [0.4, 0.5) is 52.7 Å². The van der Waals surface area contributed by atoms with Crippen molar-refractivity contribution in [3.63, 3.8) is 0 Å². The fourth-order valence-electron chi connectivity index (χ4n) is 5.85. The van der Waals surface area contributed by atoms with Crippen molar-refractivity contribution in [1.29, 1.82) is 0 Å². The van der Waals surface area contributed by atoms with E-state index in [4.69, 9.17) is 0 Å². The van der Waals surface area contributed by atoms with E-state index in [9.17, 15) is 71.9 Å². The summed E-state index contributed by atoms with van der Waals surface area (Å²) in [5, 5.41) is -0.544. The van der Waals surface area contributed by atoms with E-state index in [0.29, 0.717) is 34.1 Å². The van der Waals surface area contributed by atoms with Gasteiger partial charge >= 0.3 is 24.7 Å². The maximum absolute atomic E-state index is 13.5. The topological polar surface area (TPSA) is 74.8 Å². The molecule has 4 aromatic carbocycles. The van der Waals surface area contributed by atoms with Gasteiger partial charge in [0.15, 0.2) is 0 Å². The molecular weight excluding hydrogens is 704 g/mol. The molecule has 0 unspecified atom stereocenters. The Hall–Kier alpha value is -5.42. The Morgan fingerprint density at radius 3 is 0.800 bits per heavy atom. The Morgan fingerprint density at radius 2 is 0.600 bits per heavy atom. The zero-order chi connectivity index (χ0) is 36.9. The molecule has 6 nitrogen and oxygen atoms in total. The molecule has 0 spiro atoms. The minimum absolute atomic E-state index is 0.138. The van der Waals surface area contributed by atoms with Crippen LogP contribution in [0.25, 0.3) is 10.8 Å². The van der Waals surface area contributed by atoms with Crippen molar-refractivity contribution in [1.82, 2.24) is 9.80 Å². The van der Waals surface area contributed by atoms with E-state index in [1.807, 2.05) is 0 Å². The first-order valence-corrected chi connectivity index (χ1v) is 13.9. The van der Waals surface area contributed by atoms with E-state index in [1.165, 1.54) is 0 Å². The summed E-state index contributed by atoms with van der Waals surface area (Å²) < 4.78 is 161. The molecule has 0 atom stereocenters. The van der Waals surface area contributed by atoms with Crippen LogP contribution in [0, 0.1) is 0 Å². The quantitative estimate of drug-likeness (QED) is 0.157. The number of carbonyl (C=O) groups excluding carboxylic acids is 4.